The highest BCUT2D eigenvalue weighted by Gasteiger charge is 2.23. The highest BCUT2D eigenvalue weighted by atomic mass is 35.5. The molecule has 34 heavy (non-hydrogen) atoms. The van der Waals surface area contributed by atoms with Gasteiger partial charge in [0.25, 0.3) is 0 Å². The number of likely N-dealkylation sites (tertiary alicyclic amines) is 1. The lowest BCUT2D eigenvalue weighted by Gasteiger charge is -2.32. The molecule has 1 amide bonds. The average Bonchev–Trinajstić information content (AvgIpc) is 2.86. The molecule has 1 aromatic heterocycles. The molecule has 1 fully saturated rings. The van der Waals surface area contributed by atoms with Gasteiger partial charge >= 0.3 is 0 Å². The zero-order chi connectivity index (χ0) is 23.9. The molecule has 2 heterocycles. The van der Waals surface area contributed by atoms with E-state index in [1.165, 1.54) is 11.1 Å². The van der Waals surface area contributed by atoms with Crippen molar-refractivity contribution < 1.29 is 13.8 Å². The van der Waals surface area contributed by atoms with Crippen molar-refractivity contribution in [1.82, 2.24) is 15.4 Å². The van der Waals surface area contributed by atoms with Crippen LogP contribution in [0.4, 0.5) is 0 Å². The topological polar surface area (TPSA) is 71.5 Å². The first-order valence-electron chi connectivity index (χ1n) is 11.3. The van der Waals surface area contributed by atoms with Crippen LogP contribution in [0.3, 0.4) is 0 Å². The quantitative estimate of drug-likeness (QED) is 0.262. The molecule has 1 unspecified atom stereocenters. The molecule has 2 aromatic carbocycles. The molecule has 1 atom stereocenters. The second-order valence-corrected chi connectivity index (χ2v) is 10.4. The molecule has 6 nitrogen and oxygen atoms in total. The zero-order valence-electron chi connectivity index (χ0n) is 19.1. The molecule has 0 saturated carbocycles. The second kappa shape index (κ2) is 11.7. The predicted octanol–water partition coefficient (Wildman–Crippen LogP) is 4.77. The van der Waals surface area contributed by atoms with E-state index in [4.69, 9.17) is 16.4 Å². The van der Waals surface area contributed by atoms with Crippen molar-refractivity contribution in [2.45, 2.75) is 48.6 Å². The Kier molecular flexibility index (Phi) is 8.45. The van der Waals surface area contributed by atoms with Crippen LogP contribution in [0.1, 0.15) is 41.1 Å². The summed E-state index contributed by atoms with van der Waals surface area (Å²) in [6, 6.07) is 17.3. The fraction of sp³-hybridized carbons (Fsp3) is 0.308. The van der Waals surface area contributed by atoms with Crippen molar-refractivity contribution in [1.29, 1.82) is 0 Å². The van der Waals surface area contributed by atoms with Crippen LogP contribution in [0, 0.1) is 6.92 Å². The van der Waals surface area contributed by atoms with Crippen LogP contribution in [0.2, 0.25) is 5.02 Å². The van der Waals surface area contributed by atoms with E-state index in [9.17, 15) is 9.00 Å². The summed E-state index contributed by atoms with van der Waals surface area (Å²) in [5.74, 6) is 0.465. The first-order valence-corrected chi connectivity index (χ1v) is 12.8. The number of piperidine rings is 1. The Hall–Kier alpha value is -2.58. The van der Waals surface area contributed by atoms with Crippen LogP contribution in [-0.4, -0.2) is 33.6 Å². The fourth-order valence-corrected chi connectivity index (χ4v) is 5.48. The molecule has 178 valence electrons. The van der Waals surface area contributed by atoms with E-state index in [1.54, 1.807) is 30.5 Å². The van der Waals surface area contributed by atoms with Crippen LogP contribution < -0.4 is 5.48 Å². The van der Waals surface area contributed by atoms with Gasteiger partial charge in [0.05, 0.1) is 10.8 Å². The molecule has 0 spiro atoms. The van der Waals surface area contributed by atoms with Crippen molar-refractivity contribution in [3.05, 3.63) is 88.2 Å². The number of pyridine rings is 1. The Bertz CT molecular complexity index is 1130. The number of hydrogen-bond donors (Lipinski definition) is 1. The number of halogens is 1. The monoisotopic (exact) mass is 497 g/mol. The number of carbonyl (C=O) groups is 1. The van der Waals surface area contributed by atoms with Crippen molar-refractivity contribution in [2.24, 2.45) is 0 Å². The Labute approximate surface area is 207 Å². The summed E-state index contributed by atoms with van der Waals surface area (Å²) >= 11 is 5.93. The lowest BCUT2D eigenvalue weighted by atomic mass is 9.88. The van der Waals surface area contributed by atoms with Gasteiger partial charge in [-0.1, -0.05) is 23.7 Å². The van der Waals surface area contributed by atoms with E-state index >= 15 is 0 Å². The maximum absolute atomic E-state index is 12.8. The molecule has 0 aliphatic carbocycles. The third-order valence-electron chi connectivity index (χ3n) is 6.15. The molecule has 1 aliphatic rings. The molecule has 8 heteroatoms. The Morgan fingerprint density at radius 3 is 2.38 bits per heavy atom. The lowest BCUT2D eigenvalue weighted by molar-refractivity contribution is -0.121. The largest absolute Gasteiger partial charge is 0.299 e. The van der Waals surface area contributed by atoms with Crippen molar-refractivity contribution in [2.75, 3.05) is 13.1 Å². The molecule has 1 N–H and O–H groups in total. The summed E-state index contributed by atoms with van der Waals surface area (Å²) in [4.78, 5) is 24.0. The Balaban J connectivity index is 1.32. The van der Waals surface area contributed by atoms with E-state index < -0.39 is 10.8 Å². The number of carbonyl (C=O) groups excluding carboxylic acids is 1. The van der Waals surface area contributed by atoms with Gasteiger partial charge in [-0.25, -0.2) is 9.69 Å². The van der Waals surface area contributed by atoms with Crippen LogP contribution in [0.15, 0.2) is 70.6 Å². The second-order valence-electron chi connectivity index (χ2n) is 8.46. The summed E-state index contributed by atoms with van der Waals surface area (Å²) in [7, 11) is -1.21. The number of aromatic nitrogens is 1. The minimum atomic E-state index is -1.21. The van der Waals surface area contributed by atoms with E-state index in [1.807, 2.05) is 19.1 Å². The van der Waals surface area contributed by atoms with Crippen LogP contribution in [0.5, 0.6) is 0 Å². The third kappa shape index (κ3) is 6.30. The molecule has 1 aliphatic heterocycles. The van der Waals surface area contributed by atoms with Crippen LogP contribution in [0.25, 0.3) is 0 Å². The number of nitrogens with one attached hydrogen (secondary N) is 1. The summed E-state index contributed by atoms with van der Waals surface area (Å²) in [5, 5.41) is 0.639. The third-order valence-corrected chi connectivity index (χ3v) is 7.80. The van der Waals surface area contributed by atoms with E-state index in [2.05, 4.69) is 33.6 Å². The minimum Gasteiger partial charge on any atom is -0.299 e. The number of amides is 1. The van der Waals surface area contributed by atoms with E-state index in [-0.39, 0.29) is 0 Å². The van der Waals surface area contributed by atoms with Gasteiger partial charge in [-0.15, -0.1) is 0 Å². The standard InChI is InChI=1S/C26H28ClN3O3S/c1-19-26(14-21(15-28-19)17-33-29-18-31)22-10-12-30(13-11-22)16-20-2-6-24(7-3-20)34(32)25-8-4-23(27)5-9-25/h2-9,14-15,18,22H,10-13,16-17H2,1H3,(H,29,31). The molecule has 1 saturated heterocycles. The average molecular weight is 498 g/mol. The van der Waals surface area contributed by atoms with Gasteiger partial charge in [0.2, 0.25) is 6.41 Å². The summed E-state index contributed by atoms with van der Waals surface area (Å²) in [5.41, 5.74) is 6.71. The first-order chi connectivity index (χ1) is 16.5. The number of benzene rings is 2. The number of hydrogen-bond acceptors (Lipinski definition) is 5. The highest BCUT2D eigenvalue weighted by Crippen LogP contribution is 2.31. The number of rotatable bonds is 9. The van der Waals surface area contributed by atoms with Gasteiger partial charge in [-0.2, -0.15) is 0 Å². The summed E-state index contributed by atoms with van der Waals surface area (Å²) in [6.45, 7) is 5.25. The van der Waals surface area contributed by atoms with E-state index in [0.29, 0.717) is 24.0 Å². The predicted molar refractivity (Wildman–Crippen MR) is 133 cm³/mol. The SMILES string of the molecule is Cc1ncc(CONC=O)cc1C1CCN(Cc2ccc(S(=O)c3ccc(Cl)cc3)cc2)CC1. The number of nitrogens with zero attached hydrogens (tertiary/aromatic N) is 2. The van der Waals surface area contributed by atoms with Crippen molar-refractivity contribution >= 4 is 28.8 Å². The highest BCUT2D eigenvalue weighted by molar-refractivity contribution is 7.85. The molecular weight excluding hydrogens is 470 g/mol. The minimum absolute atomic E-state index is 0.302. The van der Waals surface area contributed by atoms with Crippen LogP contribution in [-0.2, 0) is 33.6 Å². The molecule has 0 bridgehead atoms. The van der Waals surface area contributed by atoms with Gasteiger partial charge in [0.1, 0.15) is 6.61 Å². The molecule has 0 radical (unpaired) electrons. The maximum Gasteiger partial charge on any atom is 0.230 e. The van der Waals surface area contributed by atoms with Gasteiger partial charge in [0, 0.05) is 33.2 Å². The maximum atomic E-state index is 12.8. The van der Waals surface area contributed by atoms with Gasteiger partial charge in [0.15, 0.2) is 0 Å². The Morgan fingerprint density at radius 2 is 1.74 bits per heavy atom. The van der Waals surface area contributed by atoms with Gasteiger partial charge in [-0.3, -0.25) is 19.5 Å². The number of aryl methyl sites for hydroxylation is 1. The zero-order valence-corrected chi connectivity index (χ0v) is 20.6. The normalized spacial score (nSPS) is 15.7. The lowest BCUT2D eigenvalue weighted by Crippen LogP contribution is -2.32. The van der Waals surface area contributed by atoms with Gasteiger partial charge in [-0.05, 0) is 97.9 Å². The van der Waals surface area contributed by atoms with Crippen molar-refractivity contribution in [3.8, 4) is 0 Å². The molecule has 4 rings (SSSR count). The summed E-state index contributed by atoms with van der Waals surface area (Å²) < 4.78 is 12.8. The summed E-state index contributed by atoms with van der Waals surface area (Å²) in [6.07, 6.45) is 4.45. The first kappa shape index (κ1) is 24.5. The number of hydroxylamine groups is 1. The van der Waals surface area contributed by atoms with Gasteiger partial charge < -0.3 is 0 Å². The Morgan fingerprint density at radius 1 is 1.09 bits per heavy atom. The van der Waals surface area contributed by atoms with Crippen LogP contribution >= 0.6 is 11.6 Å². The fourth-order valence-electron chi connectivity index (χ4n) is 4.32. The molecular formula is C26H28ClN3O3S. The molecule has 3 aromatic rings. The smallest absolute Gasteiger partial charge is 0.230 e. The van der Waals surface area contributed by atoms with E-state index in [0.717, 1.165) is 53.5 Å². The van der Waals surface area contributed by atoms with Crippen molar-refractivity contribution in [3.63, 3.8) is 0 Å².